The van der Waals surface area contributed by atoms with E-state index in [1.165, 1.54) is 0 Å². The summed E-state index contributed by atoms with van der Waals surface area (Å²) in [7, 11) is 0. The lowest BCUT2D eigenvalue weighted by Crippen LogP contribution is -2.18. The molecule has 0 aliphatic carbocycles. The summed E-state index contributed by atoms with van der Waals surface area (Å²) in [5.74, 6) is 1.54. The number of H-pyrrole nitrogens is 1. The molecule has 0 amide bonds. The molecule has 0 saturated heterocycles. The maximum absolute atomic E-state index is 12.2. The van der Waals surface area contributed by atoms with Crippen LogP contribution in [0.25, 0.3) is 11.4 Å². The predicted octanol–water partition coefficient (Wildman–Crippen LogP) is 3.66. The van der Waals surface area contributed by atoms with Crippen LogP contribution in [0.4, 0.5) is 0 Å². The molecule has 0 aliphatic heterocycles. The highest BCUT2D eigenvalue weighted by molar-refractivity contribution is 5.57. The van der Waals surface area contributed by atoms with E-state index in [4.69, 9.17) is 4.74 Å². The lowest BCUT2D eigenvalue weighted by molar-refractivity contribution is 0.317. The van der Waals surface area contributed by atoms with E-state index < -0.39 is 0 Å². The normalized spacial score (nSPS) is 10.9. The van der Waals surface area contributed by atoms with Crippen LogP contribution >= 0.6 is 0 Å². The van der Waals surface area contributed by atoms with Gasteiger partial charge in [0.1, 0.15) is 11.6 Å². The Balaban J connectivity index is 2.41. The molecule has 4 heteroatoms. The van der Waals surface area contributed by atoms with Crippen LogP contribution in [0.3, 0.4) is 0 Å². The Morgan fingerprint density at radius 3 is 2.71 bits per heavy atom. The molecule has 0 aliphatic rings. The van der Waals surface area contributed by atoms with E-state index in [1.54, 1.807) is 0 Å². The first-order chi connectivity index (χ1) is 10.0. The average Bonchev–Trinajstić information content (AvgIpc) is 2.44. The summed E-state index contributed by atoms with van der Waals surface area (Å²) in [4.78, 5) is 19.6. The standard InChI is InChI=1S/C17H22N2O2/c1-5-9-21-14-8-6-7-13(10-14)16-18-12(4)15(11(2)3)17(20)19-16/h6-8,10-11H,5,9H2,1-4H3,(H,18,19,20). The number of nitrogens with zero attached hydrogens (tertiary/aromatic N) is 1. The fraction of sp³-hybridized carbons (Fsp3) is 0.412. The minimum Gasteiger partial charge on any atom is -0.494 e. The summed E-state index contributed by atoms with van der Waals surface area (Å²) in [6.07, 6.45) is 0.960. The molecule has 21 heavy (non-hydrogen) atoms. The molecule has 1 aromatic heterocycles. The summed E-state index contributed by atoms with van der Waals surface area (Å²) in [5.41, 5.74) is 2.33. The van der Waals surface area contributed by atoms with Crippen LogP contribution < -0.4 is 10.3 Å². The molecule has 2 aromatic rings. The Hall–Kier alpha value is -2.10. The largest absolute Gasteiger partial charge is 0.494 e. The number of aromatic nitrogens is 2. The van der Waals surface area contributed by atoms with Crippen LogP contribution in [0.1, 0.15) is 44.4 Å². The van der Waals surface area contributed by atoms with E-state index in [9.17, 15) is 4.79 Å². The predicted molar refractivity (Wildman–Crippen MR) is 84.9 cm³/mol. The number of rotatable bonds is 5. The molecule has 0 unspecified atom stereocenters. The van der Waals surface area contributed by atoms with E-state index in [0.717, 1.165) is 29.0 Å². The van der Waals surface area contributed by atoms with E-state index in [-0.39, 0.29) is 11.5 Å². The molecule has 4 nitrogen and oxygen atoms in total. The molecular formula is C17H22N2O2. The maximum atomic E-state index is 12.2. The Labute approximate surface area is 125 Å². The SMILES string of the molecule is CCCOc1cccc(-c2nc(C)c(C(C)C)c(=O)[nH]2)c1. The van der Waals surface area contributed by atoms with Crippen LogP contribution in [-0.4, -0.2) is 16.6 Å². The first-order valence-electron chi connectivity index (χ1n) is 7.37. The van der Waals surface area contributed by atoms with Crippen molar-refractivity contribution >= 4 is 0 Å². The number of hydrogen-bond donors (Lipinski definition) is 1. The third-order valence-electron chi connectivity index (χ3n) is 3.30. The van der Waals surface area contributed by atoms with Gasteiger partial charge in [-0.05, 0) is 31.4 Å². The van der Waals surface area contributed by atoms with Crippen LogP contribution in [0.2, 0.25) is 0 Å². The summed E-state index contributed by atoms with van der Waals surface area (Å²) < 4.78 is 5.62. The summed E-state index contributed by atoms with van der Waals surface area (Å²) in [6.45, 7) is 8.62. The van der Waals surface area contributed by atoms with E-state index in [0.29, 0.717) is 12.4 Å². The van der Waals surface area contributed by atoms with Gasteiger partial charge in [-0.25, -0.2) is 4.98 Å². The number of ether oxygens (including phenoxy) is 1. The minimum atomic E-state index is -0.0626. The van der Waals surface area contributed by atoms with Crippen molar-refractivity contribution in [2.75, 3.05) is 6.61 Å². The fourth-order valence-corrected chi connectivity index (χ4v) is 2.36. The van der Waals surface area contributed by atoms with Gasteiger partial charge in [0.05, 0.1) is 6.61 Å². The first-order valence-corrected chi connectivity index (χ1v) is 7.37. The summed E-state index contributed by atoms with van der Waals surface area (Å²) >= 11 is 0. The lowest BCUT2D eigenvalue weighted by atomic mass is 10.0. The maximum Gasteiger partial charge on any atom is 0.254 e. The third-order valence-corrected chi connectivity index (χ3v) is 3.30. The van der Waals surface area contributed by atoms with Crippen molar-refractivity contribution in [2.45, 2.75) is 40.0 Å². The highest BCUT2D eigenvalue weighted by atomic mass is 16.5. The molecule has 112 valence electrons. The second kappa shape index (κ2) is 6.57. The topological polar surface area (TPSA) is 55.0 Å². The van der Waals surface area contributed by atoms with Crippen molar-refractivity contribution < 1.29 is 4.74 Å². The smallest absolute Gasteiger partial charge is 0.254 e. The van der Waals surface area contributed by atoms with Crippen LogP contribution in [0, 0.1) is 6.92 Å². The quantitative estimate of drug-likeness (QED) is 0.912. The van der Waals surface area contributed by atoms with Gasteiger partial charge in [-0.3, -0.25) is 4.79 Å². The van der Waals surface area contributed by atoms with Crippen molar-refractivity contribution in [3.63, 3.8) is 0 Å². The molecule has 0 saturated carbocycles. The zero-order chi connectivity index (χ0) is 15.4. The van der Waals surface area contributed by atoms with Gasteiger partial charge in [-0.15, -0.1) is 0 Å². The molecule has 1 heterocycles. The zero-order valence-corrected chi connectivity index (χ0v) is 13.1. The Morgan fingerprint density at radius 2 is 2.10 bits per heavy atom. The fourth-order valence-electron chi connectivity index (χ4n) is 2.36. The Kier molecular flexibility index (Phi) is 4.78. The third kappa shape index (κ3) is 3.51. The number of nitrogens with one attached hydrogen (secondary N) is 1. The monoisotopic (exact) mass is 286 g/mol. The Bertz CT molecular complexity index is 675. The summed E-state index contributed by atoms with van der Waals surface area (Å²) in [5, 5.41) is 0. The number of aromatic amines is 1. The van der Waals surface area contributed by atoms with Gasteiger partial charge in [-0.1, -0.05) is 32.9 Å². The van der Waals surface area contributed by atoms with Crippen molar-refractivity contribution in [2.24, 2.45) is 0 Å². The highest BCUT2D eigenvalue weighted by Crippen LogP contribution is 2.22. The van der Waals surface area contributed by atoms with Gasteiger partial charge in [0.25, 0.3) is 5.56 Å². The summed E-state index contributed by atoms with van der Waals surface area (Å²) in [6, 6.07) is 7.65. The lowest BCUT2D eigenvalue weighted by Gasteiger charge is -2.11. The second-order valence-electron chi connectivity index (χ2n) is 5.44. The number of hydrogen-bond acceptors (Lipinski definition) is 3. The molecule has 0 atom stereocenters. The van der Waals surface area contributed by atoms with Gasteiger partial charge in [0, 0.05) is 16.8 Å². The van der Waals surface area contributed by atoms with Gasteiger partial charge in [0.2, 0.25) is 0 Å². The molecule has 1 aromatic carbocycles. The van der Waals surface area contributed by atoms with E-state index in [2.05, 4.69) is 16.9 Å². The van der Waals surface area contributed by atoms with E-state index in [1.807, 2.05) is 45.0 Å². The minimum absolute atomic E-state index is 0.0626. The molecule has 1 N–H and O–H groups in total. The van der Waals surface area contributed by atoms with Crippen LogP contribution in [-0.2, 0) is 0 Å². The molecule has 0 radical (unpaired) electrons. The van der Waals surface area contributed by atoms with E-state index >= 15 is 0 Å². The van der Waals surface area contributed by atoms with Crippen molar-refractivity contribution in [3.8, 4) is 17.1 Å². The van der Waals surface area contributed by atoms with Crippen molar-refractivity contribution in [1.82, 2.24) is 9.97 Å². The van der Waals surface area contributed by atoms with Gasteiger partial charge >= 0.3 is 0 Å². The average molecular weight is 286 g/mol. The van der Waals surface area contributed by atoms with Crippen LogP contribution in [0.15, 0.2) is 29.1 Å². The second-order valence-corrected chi connectivity index (χ2v) is 5.44. The molecular weight excluding hydrogens is 264 g/mol. The van der Waals surface area contributed by atoms with Crippen molar-refractivity contribution in [3.05, 3.63) is 45.9 Å². The molecule has 0 bridgehead atoms. The van der Waals surface area contributed by atoms with Crippen LogP contribution in [0.5, 0.6) is 5.75 Å². The number of aryl methyl sites for hydroxylation is 1. The Morgan fingerprint density at radius 1 is 1.33 bits per heavy atom. The molecule has 2 rings (SSSR count). The first kappa shape index (κ1) is 15.3. The number of benzene rings is 1. The van der Waals surface area contributed by atoms with Gasteiger partial charge in [0.15, 0.2) is 0 Å². The van der Waals surface area contributed by atoms with Crippen molar-refractivity contribution in [1.29, 1.82) is 0 Å². The highest BCUT2D eigenvalue weighted by Gasteiger charge is 2.12. The molecule has 0 spiro atoms. The van der Waals surface area contributed by atoms with Gasteiger partial charge < -0.3 is 9.72 Å². The zero-order valence-electron chi connectivity index (χ0n) is 13.1. The molecule has 0 fully saturated rings. The van der Waals surface area contributed by atoms with Gasteiger partial charge in [-0.2, -0.15) is 0 Å².